The average molecular weight is 340 g/mol. The fourth-order valence-electron chi connectivity index (χ4n) is 3.78. The first-order chi connectivity index (χ1) is 12.1. The highest BCUT2D eigenvalue weighted by molar-refractivity contribution is 5.88. The van der Waals surface area contributed by atoms with Crippen molar-refractivity contribution in [3.8, 4) is 5.75 Å². The van der Waals surface area contributed by atoms with E-state index < -0.39 is 0 Å². The molecule has 0 spiro atoms. The van der Waals surface area contributed by atoms with E-state index >= 15 is 0 Å². The summed E-state index contributed by atoms with van der Waals surface area (Å²) in [7, 11) is 1.67. The van der Waals surface area contributed by atoms with E-state index in [1.54, 1.807) is 7.11 Å². The molecule has 1 amide bonds. The Hall–Kier alpha value is -2.07. The molecule has 0 heterocycles. The Morgan fingerprint density at radius 1 is 1.20 bits per heavy atom. The van der Waals surface area contributed by atoms with Crippen molar-refractivity contribution in [2.45, 2.75) is 44.6 Å². The van der Waals surface area contributed by atoms with Gasteiger partial charge in [-0.15, -0.1) is 0 Å². The predicted molar refractivity (Wildman–Crippen MR) is 102 cm³/mol. The standard InChI is InChI=1S/C21H28N2O2/c1-14(21(24)23-20-6-4-3-5-18(20)13-22)15-7-8-17-12-19(25-2)10-9-16(17)11-15/h7-12,14,18,20H,3-6,13,22H2,1-2H3,(H,23,24). The summed E-state index contributed by atoms with van der Waals surface area (Å²) in [5, 5.41) is 5.48. The normalized spacial score (nSPS) is 21.7. The molecule has 0 radical (unpaired) electrons. The van der Waals surface area contributed by atoms with Gasteiger partial charge in [-0.2, -0.15) is 0 Å². The van der Waals surface area contributed by atoms with Gasteiger partial charge in [-0.1, -0.05) is 37.1 Å². The van der Waals surface area contributed by atoms with Crippen molar-refractivity contribution in [1.29, 1.82) is 0 Å². The van der Waals surface area contributed by atoms with Crippen LogP contribution in [0.3, 0.4) is 0 Å². The molecule has 3 atom stereocenters. The first-order valence-corrected chi connectivity index (χ1v) is 9.20. The summed E-state index contributed by atoms with van der Waals surface area (Å²) in [6.45, 7) is 2.62. The van der Waals surface area contributed by atoms with Crippen LogP contribution in [-0.4, -0.2) is 25.6 Å². The third-order valence-electron chi connectivity index (χ3n) is 5.50. The van der Waals surface area contributed by atoms with E-state index in [1.807, 2.05) is 31.2 Å². The number of ether oxygens (including phenoxy) is 1. The molecule has 2 aromatic rings. The third-order valence-corrected chi connectivity index (χ3v) is 5.50. The number of methoxy groups -OCH3 is 1. The fourth-order valence-corrected chi connectivity index (χ4v) is 3.78. The SMILES string of the molecule is COc1ccc2cc(C(C)C(=O)NC3CCCCC3CN)ccc2c1. The Morgan fingerprint density at radius 3 is 2.68 bits per heavy atom. The fraction of sp³-hybridized carbons (Fsp3) is 0.476. The van der Waals surface area contributed by atoms with Crippen LogP contribution in [-0.2, 0) is 4.79 Å². The Kier molecular flexibility index (Phi) is 5.59. The van der Waals surface area contributed by atoms with E-state index in [0.717, 1.165) is 34.9 Å². The molecule has 1 aliphatic rings. The van der Waals surface area contributed by atoms with Gasteiger partial charge in [0, 0.05) is 6.04 Å². The summed E-state index contributed by atoms with van der Waals surface area (Å²) in [6.07, 6.45) is 4.55. The molecule has 0 saturated heterocycles. The zero-order chi connectivity index (χ0) is 17.8. The molecule has 0 aliphatic heterocycles. The van der Waals surface area contributed by atoms with Gasteiger partial charge in [0.15, 0.2) is 0 Å². The van der Waals surface area contributed by atoms with E-state index in [4.69, 9.17) is 10.5 Å². The molecule has 3 unspecified atom stereocenters. The quantitative estimate of drug-likeness (QED) is 0.874. The number of rotatable bonds is 5. The minimum Gasteiger partial charge on any atom is -0.497 e. The molecule has 25 heavy (non-hydrogen) atoms. The number of nitrogens with one attached hydrogen (secondary N) is 1. The number of amides is 1. The number of carbonyl (C=O) groups is 1. The van der Waals surface area contributed by atoms with E-state index in [9.17, 15) is 4.79 Å². The van der Waals surface area contributed by atoms with Crippen molar-refractivity contribution < 1.29 is 9.53 Å². The second-order valence-electron chi connectivity index (χ2n) is 7.09. The van der Waals surface area contributed by atoms with Gasteiger partial charge in [-0.3, -0.25) is 4.79 Å². The zero-order valence-electron chi connectivity index (χ0n) is 15.1. The van der Waals surface area contributed by atoms with Crippen molar-refractivity contribution in [3.05, 3.63) is 42.0 Å². The maximum absolute atomic E-state index is 12.7. The molecule has 3 N–H and O–H groups in total. The largest absolute Gasteiger partial charge is 0.497 e. The van der Waals surface area contributed by atoms with Gasteiger partial charge in [0.1, 0.15) is 5.75 Å². The van der Waals surface area contributed by atoms with Gasteiger partial charge >= 0.3 is 0 Å². The molecular formula is C21H28N2O2. The average Bonchev–Trinajstić information content (AvgIpc) is 2.66. The summed E-state index contributed by atoms with van der Waals surface area (Å²) in [5.41, 5.74) is 6.92. The molecule has 1 fully saturated rings. The molecular weight excluding hydrogens is 312 g/mol. The van der Waals surface area contributed by atoms with Crippen LogP contribution >= 0.6 is 0 Å². The van der Waals surface area contributed by atoms with Crippen molar-refractivity contribution in [3.63, 3.8) is 0 Å². The number of hydrogen-bond donors (Lipinski definition) is 2. The van der Waals surface area contributed by atoms with Gasteiger partial charge in [0.2, 0.25) is 5.91 Å². The van der Waals surface area contributed by atoms with Gasteiger partial charge in [-0.05, 0) is 60.7 Å². The van der Waals surface area contributed by atoms with Crippen LogP contribution in [0.4, 0.5) is 0 Å². The van der Waals surface area contributed by atoms with E-state index in [1.165, 1.54) is 12.8 Å². The van der Waals surface area contributed by atoms with Crippen LogP contribution in [0.2, 0.25) is 0 Å². The lowest BCUT2D eigenvalue weighted by Gasteiger charge is -2.32. The highest BCUT2D eigenvalue weighted by atomic mass is 16.5. The minimum absolute atomic E-state index is 0.0956. The molecule has 2 aromatic carbocycles. The van der Waals surface area contributed by atoms with E-state index in [2.05, 4.69) is 17.4 Å². The zero-order valence-corrected chi connectivity index (χ0v) is 15.1. The van der Waals surface area contributed by atoms with Crippen molar-refractivity contribution >= 4 is 16.7 Å². The predicted octanol–water partition coefficient (Wildman–Crippen LogP) is 3.59. The van der Waals surface area contributed by atoms with E-state index in [-0.39, 0.29) is 17.9 Å². The smallest absolute Gasteiger partial charge is 0.227 e. The lowest BCUT2D eigenvalue weighted by Crippen LogP contribution is -2.46. The Labute approximate surface area is 149 Å². The Bertz CT molecular complexity index is 744. The number of nitrogens with two attached hydrogens (primary N) is 1. The highest BCUT2D eigenvalue weighted by Crippen LogP contribution is 2.27. The molecule has 0 bridgehead atoms. The molecule has 1 aliphatic carbocycles. The third kappa shape index (κ3) is 3.96. The molecule has 4 heteroatoms. The number of fused-ring (bicyclic) bond motifs is 1. The van der Waals surface area contributed by atoms with Gasteiger partial charge < -0.3 is 15.8 Å². The summed E-state index contributed by atoms with van der Waals surface area (Å²) in [6, 6.07) is 12.4. The van der Waals surface area contributed by atoms with Crippen molar-refractivity contribution in [1.82, 2.24) is 5.32 Å². The van der Waals surface area contributed by atoms with Gasteiger partial charge in [0.25, 0.3) is 0 Å². The molecule has 4 nitrogen and oxygen atoms in total. The second-order valence-corrected chi connectivity index (χ2v) is 7.09. The maximum Gasteiger partial charge on any atom is 0.227 e. The van der Waals surface area contributed by atoms with Crippen LogP contribution in [0, 0.1) is 5.92 Å². The van der Waals surface area contributed by atoms with Gasteiger partial charge in [0.05, 0.1) is 13.0 Å². The maximum atomic E-state index is 12.7. The lowest BCUT2D eigenvalue weighted by molar-refractivity contribution is -0.123. The first kappa shape index (κ1) is 17.7. The topological polar surface area (TPSA) is 64.3 Å². The Balaban J connectivity index is 1.74. The number of benzene rings is 2. The van der Waals surface area contributed by atoms with Crippen molar-refractivity contribution in [2.24, 2.45) is 11.7 Å². The van der Waals surface area contributed by atoms with Crippen LogP contribution in [0.25, 0.3) is 10.8 Å². The molecule has 0 aromatic heterocycles. The number of hydrogen-bond acceptors (Lipinski definition) is 3. The summed E-state index contributed by atoms with van der Waals surface area (Å²) >= 11 is 0. The van der Waals surface area contributed by atoms with Crippen LogP contribution in [0.15, 0.2) is 36.4 Å². The van der Waals surface area contributed by atoms with Crippen LogP contribution in [0.5, 0.6) is 5.75 Å². The first-order valence-electron chi connectivity index (χ1n) is 9.20. The van der Waals surface area contributed by atoms with Crippen LogP contribution in [0.1, 0.15) is 44.1 Å². The van der Waals surface area contributed by atoms with Gasteiger partial charge in [-0.25, -0.2) is 0 Å². The molecule has 134 valence electrons. The molecule has 3 rings (SSSR count). The van der Waals surface area contributed by atoms with Crippen molar-refractivity contribution in [2.75, 3.05) is 13.7 Å². The van der Waals surface area contributed by atoms with E-state index in [0.29, 0.717) is 12.5 Å². The number of carbonyl (C=O) groups excluding carboxylic acids is 1. The molecule has 1 saturated carbocycles. The second kappa shape index (κ2) is 7.87. The monoisotopic (exact) mass is 340 g/mol. The van der Waals surface area contributed by atoms with Crippen LogP contribution < -0.4 is 15.8 Å². The summed E-state index contributed by atoms with van der Waals surface area (Å²) in [4.78, 5) is 12.7. The lowest BCUT2D eigenvalue weighted by atomic mass is 9.84. The highest BCUT2D eigenvalue weighted by Gasteiger charge is 2.27. The summed E-state index contributed by atoms with van der Waals surface area (Å²) < 4.78 is 5.27. The summed E-state index contributed by atoms with van der Waals surface area (Å²) in [5.74, 6) is 1.18. The Morgan fingerprint density at radius 2 is 1.92 bits per heavy atom. The minimum atomic E-state index is -0.174.